The van der Waals surface area contributed by atoms with E-state index in [0.717, 1.165) is 30.0 Å². The van der Waals surface area contributed by atoms with E-state index in [0.29, 0.717) is 16.2 Å². The van der Waals surface area contributed by atoms with Gasteiger partial charge in [0.05, 0.1) is 0 Å². The number of halogens is 1. The van der Waals surface area contributed by atoms with Gasteiger partial charge in [-0.15, -0.1) is 10.2 Å². The van der Waals surface area contributed by atoms with Crippen molar-refractivity contribution in [3.63, 3.8) is 0 Å². The second-order valence-electron chi connectivity index (χ2n) is 5.69. The first kappa shape index (κ1) is 15.2. The maximum atomic E-state index is 13.3. The molecule has 0 unspecified atom stereocenters. The predicted molar refractivity (Wildman–Crippen MR) is 88.7 cm³/mol. The number of aryl methyl sites for hydroxylation is 1. The maximum Gasteiger partial charge on any atom is 0.274 e. The van der Waals surface area contributed by atoms with Crippen LogP contribution in [0.3, 0.4) is 0 Å². The van der Waals surface area contributed by atoms with Gasteiger partial charge in [-0.1, -0.05) is 11.3 Å². The molecule has 124 valence electrons. The van der Waals surface area contributed by atoms with Gasteiger partial charge in [-0.05, 0) is 37.1 Å². The summed E-state index contributed by atoms with van der Waals surface area (Å²) in [5.41, 5.74) is 1.23. The van der Waals surface area contributed by atoms with Crippen LogP contribution in [-0.4, -0.2) is 27.3 Å². The Morgan fingerprint density at radius 2 is 2.29 bits per heavy atom. The fourth-order valence-corrected chi connectivity index (χ4v) is 3.71. The summed E-state index contributed by atoms with van der Waals surface area (Å²) >= 11 is 1.32. The third kappa shape index (κ3) is 2.67. The molecule has 6 nitrogen and oxygen atoms in total. The standard InChI is InChI=1S/C16H15FN4O2S/c1-21-11-5-4-10(17)7-9(11)8-12(21)14(22)18-16-20-19-15(24-16)13-3-2-6-23-13/h4-5,7-8,13H,2-3,6H2,1H3,(H,18,20,22)/t13-/m0/s1. The van der Waals surface area contributed by atoms with Crippen molar-refractivity contribution in [2.45, 2.75) is 18.9 Å². The van der Waals surface area contributed by atoms with Gasteiger partial charge in [-0.3, -0.25) is 10.1 Å². The number of anilines is 1. The number of fused-ring (bicyclic) bond motifs is 1. The maximum absolute atomic E-state index is 13.3. The molecule has 0 spiro atoms. The zero-order chi connectivity index (χ0) is 16.7. The summed E-state index contributed by atoms with van der Waals surface area (Å²) in [5.74, 6) is -0.630. The molecule has 1 saturated heterocycles. The summed E-state index contributed by atoms with van der Waals surface area (Å²) in [5, 5.41) is 12.8. The van der Waals surface area contributed by atoms with Crippen LogP contribution in [0.5, 0.6) is 0 Å². The number of amides is 1. The van der Waals surface area contributed by atoms with Crippen LogP contribution in [-0.2, 0) is 11.8 Å². The Bertz CT molecular complexity index is 914. The lowest BCUT2D eigenvalue weighted by Gasteiger charge is -2.04. The van der Waals surface area contributed by atoms with Crippen molar-refractivity contribution in [2.24, 2.45) is 7.05 Å². The fraction of sp³-hybridized carbons (Fsp3) is 0.312. The number of benzene rings is 1. The first-order chi connectivity index (χ1) is 11.6. The van der Waals surface area contributed by atoms with Crippen molar-refractivity contribution < 1.29 is 13.9 Å². The van der Waals surface area contributed by atoms with Gasteiger partial charge in [-0.25, -0.2) is 4.39 Å². The minimum Gasteiger partial charge on any atom is -0.371 e. The highest BCUT2D eigenvalue weighted by Crippen LogP contribution is 2.32. The van der Waals surface area contributed by atoms with Crippen molar-refractivity contribution in [1.82, 2.24) is 14.8 Å². The molecule has 4 rings (SSSR count). The monoisotopic (exact) mass is 346 g/mol. The molecular weight excluding hydrogens is 331 g/mol. The van der Waals surface area contributed by atoms with Crippen molar-refractivity contribution in [3.8, 4) is 0 Å². The minimum absolute atomic E-state index is 0.0197. The van der Waals surface area contributed by atoms with E-state index >= 15 is 0 Å². The highest BCUT2D eigenvalue weighted by Gasteiger charge is 2.23. The summed E-state index contributed by atoms with van der Waals surface area (Å²) in [4.78, 5) is 12.5. The number of rotatable bonds is 3. The second-order valence-corrected chi connectivity index (χ2v) is 6.70. The number of ether oxygens (including phenoxy) is 1. The summed E-state index contributed by atoms with van der Waals surface area (Å²) in [6, 6.07) is 6.10. The molecule has 1 aliphatic heterocycles. The molecule has 8 heteroatoms. The average molecular weight is 346 g/mol. The van der Waals surface area contributed by atoms with Crippen LogP contribution >= 0.6 is 11.3 Å². The predicted octanol–water partition coefficient (Wildman–Crippen LogP) is 3.27. The molecule has 24 heavy (non-hydrogen) atoms. The number of nitrogens with zero attached hydrogens (tertiary/aromatic N) is 3. The van der Waals surface area contributed by atoms with E-state index in [4.69, 9.17) is 4.74 Å². The highest BCUT2D eigenvalue weighted by atomic mass is 32.1. The third-order valence-electron chi connectivity index (χ3n) is 4.10. The van der Waals surface area contributed by atoms with E-state index in [9.17, 15) is 9.18 Å². The Hall–Kier alpha value is -2.32. The van der Waals surface area contributed by atoms with Crippen molar-refractivity contribution >= 4 is 33.3 Å². The van der Waals surface area contributed by atoms with Gasteiger partial charge in [0, 0.05) is 24.6 Å². The van der Waals surface area contributed by atoms with E-state index in [1.807, 2.05) is 0 Å². The molecule has 1 N–H and O–H groups in total. The number of aromatic nitrogens is 3. The molecule has 3 aromatic rings. The molecule has 0 bridgehead atoms. The van der Waals surface area contributed by atoms with E-state index < -0.39 is 0 Å². The largest absolute Gasteiger partial charge is 0.371 e. The number of carbonyl (C=O) groups is 1. The lowest BCUT2D eigenvalue weighted by atomic mass is 10.2. The topological polar surface area (TPSA) is 69.0 Å². The number of hydrogen-bond donors (Lipinski definition) is 1. The fourth-order valence-electron chi connectivity index (χ4n) is 2.89. The molecule has 0 aliphatic carbocycles. The third-order valence-corrected chi connectivity index (χ3v) is 5.03. The van der Waals surface area contributed by atoms with Crippen molar-refractivity contribution in [1.29, 1.82) is 0 Å². The molecule has 1 aromatic carbocycles. The molecule has 1 atom stereocenters. The minimum atomic E-state index is -0.328. The Morgan fingerprint density at radius 3 is 3.08 bits per heavy atom. The van der Waals surface area contributed by atoms with E-state index in [1.165, 1.54) is 23.5 Å². The number of hydrogen-bond acceptors (Lipinski definition) is 5. The number of carbonyl (C=O) groups excluding carboxylic acids is 1. The molecule has 1 fully saturated rings. The molecule has 1 amide bonds. The summed E-state index contributed by atoms with van der Waals surface area (Å²) in [6.07, 6.45) is 1.92. The Morgan fingerprint density at radius 1 is 1.42 bits per heavy atom. The van der Waals surface area contributed by atoms with Gasteiger partial charge in [0.25, 0.3) is 5.91 Å². The lowest BCUT2D eigenvalue weighted by Crippen LogP contribution is -2.15. The van der Waals surface area contributed by atoms with Crippen LogP contribution in [0.1, 0.15) is 34.4 Å². The van der Waals surface area contributed by atoms with Crippen molar-refractivity contribution in [3.05, 3.63) is 40.8 Å². The average Bonchev–Trinajstić information content (AvgIpc) is 3.27. The van der Waals surface area contributed by atoms with Gasteiger partial charge >= 0.3 is 0 Å². The van der Waals surface area contributed by atoms with Crippen LogP contribution in [0, 0.1) is 5.82 Å². The Balaban J connectivity index is 1.57. The van der Waals surface area contributed by atoms with Gasteiger partial charge in [-0.2, -0.15) is 0 Å². The quantitative estimate of drug-likeness (QED) is 0.790. The Labute approximate surface area is 141 Å². The molecule has 3 heterocycles. The normalized spacial score (nSPS) is 17.5. The Kier molecular flexibility index (Phi) is 3.78. The zero-order valence-corrected chi connectivity index (χ0v) is 13.8. The molecular formula is C16H15FN4O2S. The summed E-state index contributed by atoms with van der Waals surface area (Å²) in [6.45, 7) is 0.735. The smallest absolute Gasteiger partial charge is 0.274 e. The van der Waals surface area contributed by atoms with Gasteiger partial charge in [0.15, 0.2) is 0 Å². The first-order valence-electron chi connectivity index (χ1n) is 7.63. The second kappa shape index (κ2) is 5.95. The van der Waals surface area contributed by atoms with E-state index in [1.54, 1.807) is 23.7 Å². The van der Waals surface area contributed by atoms with Crippen LogP contribution < -0.4 is 5.32 Å². The molecule has 2 aromatic heterocycles. The summed E-state index contributed by atoms with van der Waals surface area (Å²) < 4.78 is 20.6. The first-order valence-corrected chi connectivity index (χ1v) is 8.45. The van der Waals surface area contributed by atoms with Crippen LogP contribution in [0.25, 0.3) is 10.9 Å². The van der Waals surface area contributed by atoms with E-state index in [2.05, 4.69) is 15.5 Å². The van der Waals surface area contributed by atoms with Crippen LogP contribution in [0.2, 0.25) is 0 Å². The summed E-state index contributed by atoms with van der Waals surface area (Å²) in [7, 11) is 1.77. The van der Waals surface area contributed by atoms with Gasteiger partial charge < -0.3 is 9.30 Å². The van der Waals surface area contributed by atoms with Crippen LogP contribution in [0.15, 0.2) is 24.3 Å². The van der Waals surface area contributed by atoms with Crippen LogP contribution in [0.4, 0.5) is 9.52 Å². The molecule has 0 radical (unpaired) electrons. The van der Waals surface area contributed by atoms with Gasteiger partial charge in [0.2, 0.25) is 5.13 Å². The lowest BCUT2D eigenvalue weighted by molar-refractivity contribution is 0.101. The zero-order valence-electron chi connectivity index (χ0n) is 13.0. The number of nitrogens with one attached hydrogen (secondary N) is 1. The highest BCUT2D eigenvalue weighted by molar-refractivity contribution is 7.15. The van der Waals surface area contributed by atoms with Gasteiger partial charge in [0.1, 0.15) is 22.6 Å². The molecule has 0 saturated carbocycles. The SMILES string of the molecule is Cn1c(C(=O)Nc2nnc([C@@H]3CCCO3)s2)cc2cc(F)ccc21. The van der Waals surface area contributed by atoms with E-state index in [-0.39, 0.29) is 17.8 Å². The molecule has 1 aliphatic rings. The van der Waals surface area contributed by atoms with Crippen molar-refractivity contribution in [2.75, 3.05) is 11.9 Å².